The zero-order valence-electron chi connectivity index (χ0n) is 7.75. The largest absolute Gasteiger partial charge is 0.507 e. The van der Waals surface area contributed by atoms with Crippen molar-refractivity contribution in [1.29, 1.82) is 0 Å². The Kier molecular flexibility index (Phi) is 3.19. The van der Waals surface area contributed by atoms with E-state index in [1.54, 1.807) is 12.1 Å². The lowest BCUT2D eigenvalue weighted by molar-refractivity contribution is 0.481. The number of aromatic amines is 1. The van der Waals surface area contributed by atoms with Crippen molar-refractivity contribution in [3.63, 3.8) is 0 Å². The Morgan fingerprint density at radius 1 is 1.06 bits per heavy atom. The molecule has 16 heavy (non-hydrogen) atoms. The molecular formula is C10H5I2NO3. The van der Waals surface area contributed by atoms with Crippen molar-refractivity contribution >= 4 is 56.1 Å². The first-order valence-electron chi connectivity index (χ1n) is 4.24. The molecule has 0 aliphatic rings. The van der Waals surface area contributed by atoms with Crippen LogP contribution in [0.1, 0.15) is 0 Å². The predicted octanol–water partition coefficient (Wildman–Crippen LogP) is 1.80. The smallest absolute Gasteiger partial charge is 0.296 e. The van der Waals surface area contributed by atoms with Gasteiger partial charge >= 0.3 is 0 Å². The Morgan fingerprint density at radius 2 is 1.69 bits per heavy atom. The van der Waals surface area contributed by atoms with Gasteiger partial charge < -0.3 is 10.1 Å². The van der Waals surface area contributed by atoms with Crippen molar-refractivity contribution in [3.05, 3.63) is 45.9 Å². The second-order valence-electron chi connectivity index (χ2n) is 3.16. The van der Waals surface area contributed by atoms with E-state index in [0.29, 0.717) is 10.9 Å². The lowest BCUT2D eigenvalue weighted by Gasteiger charge is -1.99. The molecular weight excluding hydrogens is 436 g/mol. The molecule has 0 aliphatic heterocycles. The summed E-state index contributed by atoms with van der Waals surface area (Å²) in [6.07, 6.45) is 0. The highest BCUT2D eigenvalue weighted by atomic mass is 127. The van der Waals surface area contributed by atoms with Crippen molar-refractivity contribution in [2.75, 3.05) is 0 Å². The van der Waals surface area contributed by atoms with Crippen LogP contribution < -0.4 is 11.0 Å². The SMILES string of the molecule is O=c1cc(O)c2cc(I)c(I)cc2[nH]c1=O. The summed E-state index contributed by atoms with van der Waals surface area (Å²) in [7, 11) is 0. The Hall–Kier alpha value is -0.640. The van der Waals surface area contributed by atoms with Crippen molar-refractivity contribution in [2.24, 2.45) is 0 Å². The third-order valence-corrected chi connectivity index (χ3v) is 4.89. The highest BCUT2D eigenvalue weighted by molar-refractivity contribution is 14.1. The first-order valence-corrected chi connectivity index (χ1v) is 6.40. The van der Waals surface area contributed by atoms with E-state index in [2.05, 4.69) is 50.2 Å². The van der Waals surface area contributed by atoms with Gasteiger partial charge in [0.2, 0.25) is 5.43 Å². The second-order valence-corrected chi connectivity index (χ2v) is 5.48. The molecule has 0 saturated carbocycles. The molecule has 1 aromatic heterocycles. The molecule has 0 bridgehead atoms. The maximum atomic E-state index is 11.3. The molecule has 0 fully saturated rings. The lowest BCUT2D eigenvalue weighted by atomic mass is 10.2. The van der Waals surface area contributed by atoms with Crippen LogP contribution in [0.5, 0.6) is 5.75 Å². The van der Waals surface area contributed by atoms with Crippen LogP contribution in [0, 0.1) is 7.14 Å². The quantitative estimate of drug-likeness (QED) is 0.485. The minimum absolute atomic E-state index is 0.187. The van der Waals surface area contributed by atoms with E-state index in [0.717, 1.165) is 13.2 Å². The Morgan fingerprint density at radius 3 is 2.38 bits per heavy atom. The summed E-state index contributed by atoms with van der Waals surface area (Å²) in [5, 5.41) is 10.1. The topological polar surface area (TPSA) is 70.2 Å². The van der Waals surface area contributed by atoms with Gasteiger partial charge in [-0.3, -0.25) is 9.59 Å². The maximum absolute atomic E-state index is 11.3. The van der Waals surface area contributed by atoms with E-state index in [4.69, 9.17) is 0 Å². The van der Waals surface area contributed by atoms with E-state index in [9.17, 15) is 14.7 Å². The summed E-state index contributed by atoms with van der Waals surface area (Å²) in [6.45, 7) is 0. The van der Waals surface area contributed by atoms with E-state index in [-0.39, 0.29) is 5.75 Å². The third-order valence-electron chi connectivity index (χ3n) is 2.08. The molecule has 1 heterocycles. The molecule has 2 rings (SSSR count). The predicted molar refractivity (Wildman–Crippen MR) is 77.9 cm³/mol. The van der Waals surface area contributed by atoms with Gasteiger partial charge in [-0.15, -0.1) is 0 Å². The summed E-state index contributed by atoms with van der Waals surface area (Å²) in [5.74, 6) is -0.187. The van der Waals surface area contributed by atoms with Crippen LogP contribution in [0.3, 0.4) is 0 Å². The van der Waals surface area contributed by atoms with Gasteiger partial charge in [0.1, 0.15) is 5.75 Å². The van der Waals surface area contributed by atoms with Gasteiger partial charge in [0, 0.05) is 18.6 Å². The van der Waals surface area contributed by atoms with E-state index < -0.39 is 11.0 Å². The number of fused-ring (bicyclic) bond motifs is 1. The fraction of sp³-hybridized carbons (Fsp3) is 0. The zero-order valence-corrected chi connectivity index (χ0v) is 12.1. The molecule has 2 aromatic rings. The summed E-state index contributed by atoms with van der Waals surface area (Å²) in [5.41, 5.74) is -1.03. The fourth-order valence-corrected chi connectivity index (χ4v) is 2.25. The second kappa shape index (κ2) is 4.32. The zero-order chi connectivity index (χ0) is 11.9. The normalized spacial score (nSPS) is 10.6. The fourth-order valence-electron chi connectivity index (χ4n) is 1.31. The molecule has 0 saturated heterocycles. The first-order chi connectivity index (χ1) is 7.49. The number of nitrogens with one attached hydrogen (secondary N) is 1. The maximum Gasteiger partial charge on any atom is 0.296 e. The molecule has 0 amide bonds. The molecule has 0 unspecified atom stereocenters. The molecule has 0 spiro atoms. The van der Waals surface area contributed by atoms with Crippen LogP contribution in [-0.4, -0.2) is 10.1 Å². The minimum Gasteiger partial charge on any atom is -0.507 e. The molecule has 1 aromatic carbocycles. The van der Waals surface area contributed by atoms with Gasteiger partial charge in [-0.2, -0.15) is 0 Å². The Labute approximate surface area is 117 Å². The van der Waals surface area contributed by atoms with E-state index >= 15 is 0 Å². The highest BCUT2D eigenvalue weighted by Gasteiger charge is 2.05. The van der Waals surface area contributed by atoms with Crippen LogP contribution in [-0.2, 0) is 0 Å². The minimum atomic E-state index is -0.751. The van der Waals surface area contributed by atoms with Crippen molar-refractivity contribution < 1.29 is 5.11 Å². The van der Waals surface area contributed by atoms with Gasteiger partial charge in [-0.1, -0.05) is 0 Å². The summed E-state index contributed by atoms with van der Waals surface area (Å²) in [4.78, 5) is 25.0. The van der Waals surface area contributed by atoms with Crippen LogP contribution in [0.2, 0.25) is 0 Å². The van der Waals surface area contributed by atoms with Crippen molar-refractivity contribution in [3.8, 4) is 5.75 Å². The van der Waals surface area contributed by atoms with E-state index in [1.165, 1.54) is 0 Å². The highest BCUT2D eigenvalue weighted by Crippen LogP contribution is 2.25. The van der Waals surface area contributed by atoms with Gasteiger partial charge in [0.15, 0.2) is 0 Å². The number of aromatic nitrogens is 1. The average molecular weight is 441 g/mol. The number of H-pyrrole nitrogens is 1. The number of benzene rings is 1. The van der Waals surface area contributed by atoms with Crippen LogP contribution >= 0.6 is 45.2 Å². The first kappa shape index (κ1) is 11.8. The monoisotopic (exact) mass is 441 g/mol. The van der Waals surface area contributed by atoms with Crippen molar-refractivity contribution in [2.45, 2.75) is 0 Å². The molecule has 0 atom stereocenters. The Bertz CT molecular complexity index is 694. The number of rotatable bonds is 0. The molecule has 0 radical (unpaired) electrons. The molecule has 4 nitrogen and oxygen atoms in total. The number of aromatic hydroxyl groups is 1. The van der Waals surface area contributed by atoms with Crippen LogP contribution in [0.25, 0.3) is 10.9 Å². The Balaban J connectivity index is 3.10. The standard InChI is InChI=1S/C10H5I2NO3/c11-5-1-4-7(2-6(5)12)13-10(16)9(15)3-8(4)14/h1-3,14H,(H,13,15,16). The molecule has 82 valence electrons. The van der Waals surface area contributed by atoms with Gasteiger partial charge in [0.25, 0.3) is 5.56 Å². The van der Waals surface area contributed by atoms with Gasteiger partial charge in [-0.25, -0.2) is 0 Å². The van der Waals surface area contributed by atoms with Crippen molar-refractivity contribution in [1.82, 2.24) is 4.98 Å². The summed E-state index contributed by atoms with van der Waals surface area (Å²) < 4.78 is 1.89. The number of hydrogen-bond acceptors (Lipinski definition) is 3. The molecule has 6 heteroatoms. The molecule has 0 aliphatic carbocycles. The van der Waals surface area contributed by atoms with Crippen LogP contribution in [0.15, 0.2) is 27.8 Å². The van der Waals surface area contributed by atoms with Gasteiger partial charge in [0.05, 0.1) is 5.52 Å². The average Bonchev–Trinajstić information content (AvgIpc) is 2.30. The molecule has 2 N–H and O–H groups in total. The summed E-state index contributed by atoms with van der Waals surface area (Å²) in [6, 6.07) is 4.38. The number of halogens is 2. The summed E-state index contributed by atoms with van der Waals surface area (Å²) >= 11 is 4.24. The van der Waals surface area contributed by atoms with E-state index in [1.807, 2.05) is 0 Å². The van der Waals surface area contributed by atoms with Gasteiger partial charge in [-0.05, 0) is 57.3 Å². The lowest BCUT2D eigenvalue weighted by Crippen LogP contribution is -2.22. The third kappa shape index (κ3) is 2.08. The van der Waals surface area contributed by atoms with Crippen LogP contribution in [0.4, 0.5) is 0 Å². The number of hydrogen-bond donors (Lipinski definition) is 2.